The Bertz CT molecular complexity index is 420. The van der Waals surface area contributed by atoms with Crippen molar-refractivity contribution < 1.29 is 4.52 Å². The molecule has 4 heteroatoms. The Morgan fingerprint density at radius 1 is 1.50 bits per heavy atom. The van der Waals surface area contributed by atoms with E-state index < -0.39 is 0 Å². The number of thiophene rings is 1. The van der Waals surface area contributed by atoms with Crippen molar-refractivity contribution in [3.8, 4) is 11.3 Å². The smallest absolute Gasteiger partial charge is 0.168 e. The summed E-state index contributed by atoms with van der Waals surface area (Å²) in [6.45, 7) is 6.14. The van der Waals surface area contributed by atoms with E-state index in [4.69, 9.17) is 4.52 Å². The Morgan fingerprint density at radius 2 is 2.38 bits per heavy atom. The first-order valence-electron chi connectivity index (χ1n) is 5.44. The molecule has 0 aliphatic rings. The molecule has 0 bridgehead atoms. The monoisotopic (exact) mass is 236 g/mol. The maximum atomic E-state index is 5.28. The SMILES string of the molecule is CC(C)CNCc1cc(-c2ccsc2)on1. The first-order valence-corrected chi connectivity index (χ1v) is 6.39. The van der Waals surface area contributed by atoms with Gasteiger partial charge in [0.05, 0.1) is 5.69 Å². The molecule has 3 nitrogen and oxygen atoms in total. The van der Waals surface area contributed by atoms with Crippen LogP contribution in [-0.2, 0) is 6.54 Å². The van der Waals surface area contributed by atoms with Gasteiger partial charge in [-0.1, -0.05) is 19.0 Å². The highest BCUT2D eigenvalue weighted by Crippen LogP contribution is 2.22. The lowest BCUT2D eigenvalue weighted by molar-refractivity contribution is 0.418. The highest BCUT2D eigenvalue weighted by Gasteiger charge is 2.06. The molecule has 0 radical (unpaired) electrons. The summed E-state index contributed by atoms with van der Waals surface area (Å²) < 4.78 is 5.28. The molecule has 0 saturated heterocycles. The molecule has 86 valence electrons. The zero-order valence-corrected chi connectivity index (χ0v) is 10.4. The number of aromatic nitrogens is 1. The lowest BCUT2D eigenvalue weighted by Crippen LogP contribution is -2.18. The first kappa shape index (κ1) is 11.4. The fourth-order valence-electron chi connectivity index (χ4n) is 1.42. The van der Waals surface area contributed by atoms with Crippen LogP contribution in [0.4, 0.5) is 0 Å². The molecule has 0 saturated carbocycles. The van der Waals surface area contributed by atoms with Gasteiger partial charge in [0.2, 0.25) is 0 Å². The van der Waals surface area contributed by atoms with Crippen LogP contribution in [0.1, 0.15) is 19.5 Å². The van der Waals surface area contributed by atoms with Gasteiger partial charge in [0.15, 0.2) is 5.76 Å². The van der Waals surface area contributed by atoms with E-state index in [9.17, 15) is 0 Å². The summed E-state index contributed by atoms with van der Waals surface area (Å²) in [5, 5.41) is 11.5. The molecule has 16 heavy (non-hydrogen) atoms. The van der Waals surface area contributed by atoms with Gasteiger partial charge in [-0.2, -0.15) is 11.3 Å². The zero-order valence-electron chi connectivity index (χ0n) is 9.56. The van der Waals surface area contributed by atoms with Gasteiger partial charge in [-0.3, -0.25) is 0 Å². The van der Waals surface area contributed by atoms with E-state index in [1.165, 1.54) is 0 Å². The normalized spacial score (nSPS) is 11.2. The second-order valence-electron chi connectivity index (χ2n) is 4.22. The molecule has 0 aliphatic carbocycles. The Hall–Kier alpha value is -1.13. The third kappa shape index (κ3) is 2.93. The predicted octanol–water partition coefficient (Wildman–Crippen LogP) is 3.15. The summed E-state index contributed by atoms with van der Waals surface area (Å²) in [7, 11) is 0. The second-order valence-corrected chi connectivity index (χ2v) is 5.00. The van der Waals surface area contributed by atoms with Crippen LogP contribution in [0.5, 0.6) is 0 Å². The lowest BCUT2D eigenvalue weighted by atomic mass is 10.2. The van der Waals surface area contributed by atoms with Crippen LogP contribution in [0.3, 0.4) is 0 Å². The molecule has 2 aromatic rings. The molecule has 0 aliphatic heterocycles. The van der Waals surface area contributed by atoms with Crippen molar-refractivity contribution in [2.45, 2.75) is 20.4 Å². The summed E-state index contributed by atoms with van der Waals surface area (Å²) in [5.74, 6) is 1.51. The standard InChI is InChI=1S/C12H16N2OS/c1-9(2)6-13-7-11-5-12(15-14-11)10-3-4-16-8-10/h3-5,8-9,13H,6-7H2,1-2H3. The fraction of sp³-hybridized carbons (Fsp3) is 0.417. The number of hydrogen-bond donors (Lipinski definition) is 1. The molecule has 1 N–H and O–H groups in total. The highest BCUT2D eigenvalue weighted by atomic mass is 32.1. The van der Waals surface area contributed by atoms with Gasteiger partial charge in [0.1, 0.15) is 0 Å². The first-order chi connectivity index (χ1) is 7.75. The Labute approximate surface area is 99.5 Å². The van der Waals surface area contributed by atoms with Gasteiger partial charge in [-0.05, 0) is 23.9 Å². The van der Waals surface area contributed by atoms with E-state index in [0.29, 0.717) is 5.92 Å². The predicted molar refractivity (Wildman–Crippen MR) is 66.4 cm³/mol. The van der Waals surface area contributed by atoms with Crippen molar-refractivity contribution >= 4 is 11.3 Å². The molecule has 0 aromatic carbocycles. The molecule has 2 rings (SSSR count). The zero-order chi connectivity index (χ0) is 11.4. The van der Waals surface area contributed by atoms with Gasteiger partial charge in [-0.15, -0.1) is 0 Å². The van der Waals surface area contributed by atoms with Crippen molar-refractivity contribution in [1.29, 1.82) is 0 Å². The van der Waals surface area contributed by atoms with Gasteiger partial charge < -0.3 is 9.84 Å². The van der Waals surface area contributed by atoms with E-state index in [2.05, 4.69) is 29.7 Å². The number of nitrogens with zero attached hydrogens (tertiary/aromatic N) is 1. The number of rotatable bonds is 5. The Kier molecular flexibility index (Phi) is 3.74. The third-order valence-corrected chi connectivity index (χ3v) is 2.91. The molecule has 0 unspecified atom stereocenters. The second kappa shape index (κ2) is 5.27. The Balaban J connectivity index is 1.93. The summed E-state index contributed by atoms with van der Waals surface area (Å²) in [6.07, 6.45) is 0. The van der Waals surface area contributed by atoms with Crippen molar-refractivity contribution in [3.05, 3.63) is 28.6 Å². The summed E-state index contributed by atoms with van der Waals surface area (Å²) in [6, 6.07) is 4.03. The quantitative estimate of drug-likeness (QED) is 0.866. The Morgan fingerprint density at radius 3 is 3.06 bits per heavy atom. The van der Waals surface area contributed by atoms with Crippen LogP contribution in [0.25, 0.3) is 11.3 Å². The molecule has 0 atom stereocenters. The molecular formula is C12H16N2OS. The summed E-state index contributed by atoms with van der Waals surface area (Å²) >= 11 is 1.66. The molecule has 2 aromatic heterocycles. The van der Waals surface area contributed by atoms with Crippen LogP contribution in [0, 0.1) is 5.92 Å². The largest absolute Gasteiger partial charge is 0.356 e. The molecular weight excluding hydrogens is 220 g/mol. The topological polar surface area (TPSA) is 38.1 Å². The van der Waals surface area contributed by atoms with Crippen LogP contribution >= 0.6 is 11.3 Å². The summed E-state index contributed by atoms with van der Waals surface area (Å²) in [4.78, 5) is 0. The van der Waals surface area contributed by atoms with Crippen molar-refractivity contribution in [2.24, 2.45) is 5.92 Å². The van der Waals surface area contributed by atoms with E-state index in [1.807, 2.05) is 17.5 Å². The van der Waals surface area contributed by atoms with Crippen LogP contribution in [0.15, 0.2) is 27.4 Å². The van der Waals surface area contributed by atoms with E-state index in [-0.39, 0.29) is 0 Å². The van der Waals surface area contributed by atoms with Gasteiger partial charge in [-0.25, -0.2) is 0 Å². The molecule has 2 heterocycles. The van der Waals surface area contributed by atoms with Crippen molar-refractivity contribution in [1.82, 2.24) is 10.5 Å². The third-order valence-electron chi connectivity index (χ3n) is 2.22. The average Bonchev–Trinajstić information content (AvgIpc) is 2.85. The maximum Gasteiger partial charge on any atom is 0.168 e. The highest BCUT2D eigenvalue weighted by molar-refractivity contribution is 7.08. The lowest BCUT2D eigenvalue weighted by Gasteiger charge is -2.03. The molecule has 0 spiro atoms. The van der Waals surface area contributed by atoms with Gasteiger partial charge in [0, 0.05) is 23.6 Å². The van der Waals surface area contributed by atoms with Crippen LogP contribution in [0.2, 0.25) is 0 Å². The minimum atomic E-state index is 0.656. The van der Waals surface area contributed by atoms with Crippen LogP contribution in [-0.4, -0.2) is 11.7 Å². The van der Waals surface area contributed by atoms with Crippen molar-refractivity contribution in [2.75, 3.05) is 6.54 Å². The van der Waals surface area contributed by atoms with E-state index >= 15 is 0 Å². The number of hydrogen-bond acceptors (Lipinski definition) is 4. The average molecular weight is 236 g/mol. The van der Waals surface area contributed by atoms with E-state index in [1.54, 1.807) is 11.3 Å². The van der Waals surface area contributed by atoms with Crippen LogP contribution < -0.4 is 5.32 Å². The maximum absolute atomic E-state index is 5.28. The minimum Gasteiger partial charge on any atom is -0.356 e. The number of nitrogens with one attached hydrogen (secondary N) is 1. The van der Waals surface area contributed by atoms with Crippen molar-refractivity contribution in [3.63, 3.8) is 0 Å². The molecule has 0 fully saturated rings. The fourth-order valence-corrected chi connectivity index (χ4v) is 2.07. The molecule has 0 amide bonds. The minimum absolute atomic E-state index is 0.656. The van der Waals surface area contributed by atoms with Gasteiger partial charge in [0.25, 0.3) is 0 Å². The van der Waals surface area contributed by atoms with E-state index in [0.717, 1.165) is 30.1 Å². The summed E-state index contributed by atoms with van der Waals surface area (Å²) in [5.41, 5.74) is 2.06. The van der Waals surface area contributed by atoms with Gasteiger partial charge >= 0.3 is 0 Å².